The van der Waals surface area contributed by atoms with Gasteiger partial charge in [0.2, 0.25) is 0 Å². The second-order valence-electron chi connectivity index (χ2n) is 7.49. The molecule has 112 valence electrons. The van der Waals surface area contributed by atoms with Crippen molar-refractivity contribution in [2.24, 2.45) is 23.7 Å². The molecule has 0 atom stereocenters. The highest BCUT2D eigenvalue weighted by atomic mass is 14.4. The number of rotatable bonds is 6. The second kappa shape index (κ2) is 8.32. The summed E-state index contributed by atoms with van der Waals surface area (Å²) in [6.07, 6.45) is 19.8. The first kappa shape index (κ1) is 15.4. The Morgan fingerprint density at radius 3 is 1.47 bits per heavy atom. The fourth-order valence-corrected chi connectivity index (χ4v) is 4.80. The van der Waals surface area contributed by atoms with Crippen molar-refractivity contribution in [3.8, 4) is 0 Å². The predicted molar refractivity (Wildman–Crippen MR) is 85.3 cm³/mol. The van der Waals surface area contributed by atoms with Crippen molar-refractivity contribution in [2.45, 2.75) is 97.3 Å². The van der Waals surface area contributed by atoms with Crippen LogP contribution in [-0.2, 0) is 0 Å². The first-order chi connectivity index (χ1) is 9.33. The van der Waals surface area contributed by atoms with E-state index in [4.69, 9.17) is 0 Å². The van der Waals surface area contributed by atoms with Crippen LogP contribution in [0.25, 0.3) is 0 Å². The average Bonchev–Trinajstić information content (AvgIpc) is 2.47. The Morgan fingerprint density at radius 1 is 0.579 bits per heavy atom. The molecule has 0 bridgehead atoms. The van der Waals surface area contributed by atoms with Gasteiger partial charge in [-0.3, -0.25) is 0 Å². The Hall–Kier alpha value is 0. The molecule has 0 radical (unpaired) electrons. The van der Waals surface area contributed by atoms with Gasteiger partial charge in [0, 0.05) is 0 Å². The number of hydrogen-bond donors (Lipinski definition) is 0. The van der Waals surface area contributed by atoms with Gasteiger partial charge in [-0.15, -0.1) is 0 Å². The molecule has 0 unspecified atom stereocenters. The molecule has 0 amide bonds. The lowest BCUT2D eigenvalue weighted by molar-refractivity contribution is 0.140. The molecular formula is C19H36. The van der Waals surface area contributed by atoms with Crippen LogP contribution in [0.1, 0.15) is 97.3 Å². The van der Waals surface area contributed by atoms with Crippen LogP contribution >= 0.6 is 0 Å². The van der Waals surface area contributed by atoms with Crippen LogP contribution in [0.2, 0.25) is 0 Å². The van der Waals surface area contributed by atoms with E-state index < -0.39 is 0 Å². The van der Waals surface area contributed by atoms with E-state index in [1.807, 2.05) is 0 Å². The third-order valence-corrected chi connectivity index (χ3v) is 6.11. The van der Waals surface area contributed by atoms with Gasteiger partial charge in [-0.1, -0.05) is 71.6 Å². The molecule has 2 rings (SSSR count). The maximum Gasteiger partial charge on any atom is -0.0386 e. The van der Waals surface area contributed by atoms with E-state index in [9.17, 15) is 0 Å². The van der Waals surface area contributed by atoms with Crippen molar-refractivity contribution < 1.29 is 0 Å². The Kier molecular flexibility index (Phi) is 6.74. The van der Waals surface area contributed by atoms with E-state index >= 15 is 0 Å². The van der Waals surface area contributed by atoms with Gasteiger partial charge in [-0.05, 0) is 49.4 Å². The third-order valence-electron chi connectivity index (χ3n) is 6.11. The van der Waals surface area contributed by atoms with E-state index in [0.29, 0.717) is 0 Å². The minimum Gasteiger partial charge on any atom is -0.0654 e. The van der Waals surface area contributed by atoms with E-state index in [1.165, 1.54) is 32.1 Å². The monoisotopic (exact) mass is 264 g/mol. The lowest BCUT2D eigenvalue weighted by Gasteiger charge is -2.38. The largest absolute Gasteiger partial charge is 0.0654 e. The molecule has 0 nitrogen and oxygen atoms in total. The van der Waals surface area contributed by atoms with Gasteiger partial charge in [0.25, 0.3) is 0 Å². The topological polar surface area (TPSA) is 0 Å². The van der Waals surface area contributed by atoms with Crippen molar-refractivity contribution >= 4 is 0 Å². The summed E-state index contributed by atoms with van der Waals surface area (Å²) >= 11 is 0. The summed E-state index contributed by atoms with van der Waals surface area (Å²) in [4.78, 5) is 0. The van der Waals surface area contributed by atoms with Crippen molar-refractivity contribution in [3.63, 3.8) is 0 Å². The molecule has 2 aliphatic carbocycles. The van der Waals surface area contributed by atoms with Crippen LogP contribution in [0, 0.1) is 23.7 Å². The zero-order chi connectivity index (χ0) is 13.5. The van der Waals surface area contributed by atoms with Gasteiger partial charge in [0.1, 0.15) is 0 Å². The zero-order valence-corrected chi connectivity index (χ0v) is 13.5. The normalized spacial score (nSPS) is 36.3. The summed E-state index contributed by atoms with van der Waals surface area (Å²) in [5, 5.41) is 0. The van der Waals surface area contributed by atoms with Crippen LogP contribution in [0.3, 0.4) is 0 Å². The molecule has 0 heteroatoms. The highest BCUT2D eigenvalue weighted by Crippen LogP contribution is 2.42. The summed E-state index contributed by atoms with van der Waals surface area (Å²) < 4.78 is 0. The number of hydrogen-bond acceptors (Lipinski definition) is 0. The van der Waals surface area contributed by atoms with E-state index in [2.05, 4.69) is 13.8 Å². The van der Waals surface area contributed by atoms with Crippen LogP contribution in [0.15, 0.2) is 0 Å². The first-order valence-electron chi connectivity index (χ1n) is 9.33. The molecule has 2 fully saturated rings. The van der Waals surface area contributed by atoms with Gasteiger partial charge < -0.3 is 0 Å². The van der Waals surface area contributed by atoms with Crippen molar-refractivity contribution in [3.05, 3.63) is 0 Å². The van der Waals surface area contributed by atoms with E-state index in [-0.39, 0.29) is 0 Å². The van der Waals surface area contributed by atoms with Crippen LogP contribution in [-0.4, -0.2) is 0 Å². The Labute approximate surface area is 121 Å². The fraction of sp³-hybridized carbons (Fsp3) is 1.00. The highest BCUT2D eigenvalue weighted by molar-refractivity contribution is 4.82. The highest BCUT2D eigenvalue weighted by Gasteiger charge is 2.30. The molecule has 19 heavy (non-hydrogen) atoms. The summed E-state index contributed by atoms with van der Waals surface area (Å²) in [7, 11) is 0. The molecule has 0 aromatic carbocycles. The van der Waals surface area contributed by atoms with Gasteiger partial charge >= 0.3 is 0 Å². The SMILES string of the molecule is CCCCC1CCC(C2CCC(CCC)CC2)CC1. The van der Waals surface area contributed by atoms with E-state index in [0.717, 1.165) is 23.7 Å². The summed E-state index contributed by atoms with van der Waals surface area (Å²) in [6.45, 7) is 4.68. The van der Waals surface area contributed by atoms with E-state index in [1.54, 1.807) is 51.4 Å². The quantitative estimate of drug-likeness (QED) is 0.507. The fourth-order valence-electron chi connectivity index (χ4n) is 4.80. The van der Waals surface area contributed by atoms with Gasteiger partial charge in [0.15, 0.2) is 0 Å². The molecular weight excluding hydrogens is 228 g/mol. The minimum absolute atomic E-state index is 1.09. The predicted octanol–water partition coefficient (Wildman–Crippen LogP) is 6.59. The van der Waals surface area contributed by atoms with Crippen molar-refractivity contribution in [2.75, 3.05) is 0 Å². The summed E-state index contributed by atoms with van der Waals surface area (Å²) in [5.74, 6) is 4.40. The first-order valence-corrected chi connectivity index (χ1v) is 9.33. The third kappa shape index (κ3) is 4.80. The Balaban J connectivity index is 1.65. The maximum atomic E-state index is 2.35. The van der Waals surface area contributed by atoms with Crippen LogP contribution in [0.5, 0.6) is 0 Å². The zero-order valence-electron chi connectivity index (χ0n) is 13.5. The Bertz CT molecular complexity index is 216. The molecule has 0 aliphatic heterocycles. The molecule has 2 saturated carbocycles. The molecule has 2 aliphatic rings. The molecule has 0 spiro atoms. The summed E-state index contributed by atoms with van der Waals surface area (Å²) in [5.41, 5.74) is 0. The molecule has 0 aromatic heterocycles. The lowest BCUT2D eigenvalue weighted by atomic mass is 9.68. The van der Waals surface area contributed by atoms with Crippen LogP contribution < -0.4 is 0 Å². The van der Waals surface area contributed by atoms with Gasteiger partial charge in [-0.2, -0.15) is 0 Å². The Morgan fingerprint density at radius 2 is 1.05 bits per heavy atom. The standard InChI is InChI=1S/C19H36/c1-3-5-7-17-10-14-19(15-11-17)18-12-8-16(6-4-2)9-13-18/h16-19H,3-15H2,1-2H3. The molecule has 0 aromatic rings. The lowest BCUT2D eigenvalue weighted by Crippen LogP contribution is -2.25. The maximum absolute atomic E-state index is 2.35. The van der Waals surface area contributed by atoms with Crippen LogP contribution in [0.4, 0.5) is 0 Å². The second-order valence-corrected chi connectivity index (χ2v) is 7.49. The summed E-state index contributed by atoms with van der Waals surface area (Å²) in [6, 6.07) is 0. The molecule has 0 saturated heterocycles. The van der Waals surface area contributed by atoms with Gasteiger partial charge in [0.05, 0.1) is 0 Å². The average molecular weight is 264 g/mol. The smallest absolute Gasteiger partial charge is 0.0386 e. The van der Waals surface area contributed by atoms with Gasteiger partial charge in [-0.25, -0.2) is 0 Å². The molecule has 0 heterocycles. The van der Waals surface area contributed by atoms with Crippen molar-refractivity contribution in [1.29, 1.82) is 0 Å². The number of unbranched alkanes of at least 4 members (excludes halogenated alkanes) is 1. The van der Waals surface area contributed by atoms with Crippen molar-refractivity contribution in [1.82, 2.24) is 0 Å². The minimum atomic E-state index is 1.09. The molecule has 0 N–H and O–H groups in total.